The second kappa shape index (κ2) is 8.57. The molecule has 2 nitrogen and oxygen atoms in total. The zero-order valence-electron chi connectivity index (χ0n) is 12.6. The summed E-state index contributed by atoms with van der Waals surface area (Å²) in [6.07, 6.45) is 2.32. The van der Waals surface area contributed by atoms with Crippen LogP contribution in [0, 0.1) is 0 Å². The van der Waals surface area contributed by atoms with Crippen LogP contribution in [0.1, 0.15) is 45.2 Å². The molecule has 0 aromatic heterocycles. The van der Waals surface area contributed by atoms with Gasteiger partial charge >= 0.3 is 0 Å². The number of rotatable bonds is 8. The number of hydrogen-bond donors (Lipinski definition) is 1. The van der Waals surface area contributed by atoms with Crippen LogP contribution in [0.15, 0.2) is 24.3 Å². The van der Waals surface area contributed by atoms with Crippen molar-refractivity contribution in [2.75, 3.05) is 20.1 Å². The van der Waals surface area contributed by atoms with Crippen molar-refractivity contribution in [2.45, 2.75) is 45.7 Å². The molecule has 0 aliphatic heterocycles. The SMILES string of the molecule is CCCNCC(CC)N(C)C(C)c1ccccc1Cl. The number of nitrogens with one attached hydrogen (secondary N) is 1. The van der Waals surface area contributed by atoms with E-state index in [1.165, 1.54) is 12.0 Å². The third-order valence-corrected chi connectivity index (χ3v) is 4.16. The molecule has 0 fully saturated rings. The van der Waals surface area contributed by atoms with Crippen molar-refractivity contribution in [3.63, 3.8) is 0 Å². The van der Waals surface area contributed by atoms with E-state index < -0.39 is 0 Å². The van der Waals surface area contributed by atoms with Gasteiger partial charge in [0.2, 0.25) is 0 Å². The number of hydrogen-bond acceptors (Lipinski definition) is 2. The molecule has 19 heavy (non-hydrogen) atoms. The number of benzene rings is 1. The first-order chi connectivity index (χ1) is 9.11. The Hall–Kier alpha value is -0.570. The number of likely N-dealkylation sites (N-methyl/N-ethyl adjacent to an activating group) is 1. The van der Waals surface area contributed by atoms with Crippen LogP contribution in [0.3, 0.4) is 0 Å². The normalized spacial score (nSPS) is 14.6. The summed E-state index contributed by atoms with van der Waals surface area (Å²) < 4.78 is 0. The van der Waals surface area contributed by atoms with E-state index in [9.17, 15) is 0 Å². The van der Waals surface area contributed by atoms with E-state index in [-0.39, 0.29) is 0 Å². The molecule has 0 heterocycles. The lowest BCUT2D eigenvalue weighted by Gasteiger charge is -2.33. The predicted octanol–water partition coefficient (Wildman–Crippen LogP) is 4.11. The molecule has 0 saturated carbocycles. The fourth-order valence-corrected chi connectivity index (χ4v) is 2.66. The Kier molecular flexibility index (Phi) is 7.44. The molecule has 1 aromatic rings. The molecular weight excluding hydrogens is 256 g/mol. The van der Waals surface area contributed by atoms with Crippen LogP contribution in [0.4, 0.5) is 0 Å². The lowest BCUT2D eigenvalue weighted by atomic mass is 10.0. The van der Waals surface area contributed by atoms with Gasteiger partial charge in [0, 0.05) is 23.7 Å². The second-order valence-corrected chi connectivity index (χ2v) is 5.54. The van der Waals surface area contributed by atoms with Crippen molar-refractivity contribution in [3.05, 3.63) is 34.9 Å². The van der Waals surface area contributed by atoms with Crippen LogP contribution in [-0.2, 0) is 0 Å². The minimum Gasteiger partial charge on any atom is -0.315 e. The average Bonchev–Trinajstić information content (AvgIpc) is 2.43. The smallest absolute Gasteiger partial charge is 0.0453 e. The molecule has 0 aliphatic carbocycles. The molecule has 2 unspecified atom stereocenters. The van der Waals surface area contributed by atoms with Gasteiger partial charge in [0.15, 0.2) is 0 Å². The van der Waals surface area contributed by atoms with Crippen molar-refractivity contribution in [2.24, 2.45) is 0 Å². The van der Waals surface area contributed by atoms with Gasteiger partial charge < -0.3 is 5.32 Å². The third-order valence-electron chi connectivity index (χ3n) is 3.82. The molecule has 1 N–H and O–H groups in total. The highest BCUT2D eigenvalue weighted by atomic mass is 35.5. The molecule has 2 atom stereocenters. The molecule has 0 bridgehead atoms. The van der Waals surface area contributed by atoms with Gasteiger partial charge in [-0.1, -0.05) is 43.6 Å². The van der Waals surface area contributed by atoms with E-state index in [0.29, 0.717) is 12.1 Å². The van der Waals surface area contributed by atoms with Gasteiger partial charge in [0.1, 0.15) is 0 Å². The molecular formula is C16H27ClN2. The molecule has 108 valence electrons. The minimum atomic E-state index is 0.335. The van der Waals surface area contributed by atoms with E-state index in [4.69, 9.17) is 11.6 Å². The number of nitrogens with zero attached hydrogens (tertiary/aromatic N) is 1. The Morgan fingerprint density at radius 1 is 1.26 bits per heavy atom. The molecule has 0 saturated heterocycles. The zero-order valence-corrected chi connectivity index (χ0v) is 13.4. The van der Waals surface area contributed by atoms with E-state index in [2.05, 4.69) is 50.2 Å². The lowest BCUT2D eigenvalue weighted by molar-refractivity contribution is 0.176. The van der Waals surface area contributed by atoms with Crippen LogP contribution < -0.4 is 5.32 Å². The molecule has 0 radical (unpaired) electrons. The summed E-state index contributed by atoms with van der Waals surface area (Å²) in [5.74, 6) is 0. The Balaban J connectivity index is 2.68. The van der Waals surface area contributed by atoms with Crippen LogP contribution in [0.2, 0.25) is 5.02 Å². The van der Waals surface area contributed by atoms with Crippen LogP contribution in [-0.4, -0.2) is 31.1 Å². The summed E-state index contributed by atoms with van der Waals surface area (Å²) in [6.45, 7) is 8.79. The van der Waals surface area contributed by atoms with Crippen molar-refractivity contribution in [3.8, 4) is 0 Å². The first-order valence-corrected chi connectivity index (χ1v) is 7.66. The first kappa shape index (κ1) is 16.5. The lowest BCUT2D eigenvalue weighted by Crippen LogP contribution is -2.41. The Morgan fingerprint density at radius 2 is 1.95 bits per heavy atom. The minimum absolute atomic E-state index is 0.335. The van der Waals surface area contributed by atoms with Gasteiger partial charge in [-0.05, 0) is 45.0 Å². The maximum atomic E-state index is 6.30. The Bertz CT molecular complexity index is 368. The highest BCUT2D eigenvalue weighted by Gasteiger charge is 2.20. The van der Waals surface area contributed by atoms with Gasteiger partial charge in [-0.2, -0.15) is 0 Å². The number of halogens is 1. The topological polar surface area (TPSA) is 15.3 Å². The molecule has 1 rings (SSSR count). The molecule has 0 aliphatic rings. The fraction of sp³-hybridized carbons (Fsp3) is 0.625. The van der Waals surface area contributed by atoms with Crippen molar-refractivity contribution >= 4 is 11.6 Å². The summed E-state index contributed by atoms with van der Waals surface area (Å²) in [5, 5.41) is 4.37. The zero-order chi connectivity index (χ0) is 14.3. The highest BCUT2D eigenvalue weighted by molar-refractivity contribution is 6.31. The molecule has 0 amide bonds. The van der Waals surface area contributed by atoms with E-state index in [1.54, 1.807) is 0 Å². The van der Waals surface area contributed by atoms with Gasteiger partial charge in [-0.25, -0.2) is 0 Å². The Morgan fingerprint density at radius 3 is 2.53 bits per heavy atom. The molecule has 0 spiro atoms. The van der Waals surface area contributed by atoms with E-state index in [1.807, 2.05) is 12.1 Å². The molecule has 1 aromatic carbocycles. The van der Waals surface area contributed by atoms with Crippen LogP contribution in [0.25, 0.3) is 0 Å². The maximum absolute atomic E-state index is 6.30. The summed E-state index contributed by atoms with van der Waals surface area (Å²) in [4.78, 5) is 2.42. The van der Waals surface area contributed by atoms with Gasteiger partial charge in [0.25, 0.3) is 0 Å². The van der Waals surface area contributed by atoms with E-state index >= 15 is 0 Å². The monoisotopic (exact) mass is 282 g/mol. The average molecular weight is 283 g/mol. The summed E-state index contributed by atoms with van der Waals surface area (Å²) in [7, 11) is 2.19. The second-order valence-electron chi connectivity index (χ2n) is 5.13. The highest BCUT2D eigenvalue weighted by Crippen LogP contribution is 2.27. The van der Waals surface area contributed by atoms with Crippen LogP contribution >= 0.6 is 11.6 Å². The van der Waals surface area contributed by atoms with Crippen molar-refractivity contribution in [1.29, 1.82) is 0 Å². The predicted molar refractivity (Wildman–Crippen MR) is 84.9 cm³/mol. The maximum Gasteiger partial charge on any atom is 0.0453 e. The molecule has 3 heteroatoms. The van der Waals surface area contributed by atoms with Crippen LogP contribution in [0.5, 0.6) is 0 Å². The first-order valence-electron chi connectivity index (χ1n) is 7.28. The third kappa shape index (κ3) is 4.79. The van der Waals surface area contributed by atoms with Gasteiger partial charge in [-0.15, -0.1) is 0 Å². The van der Waals surface area contributed by atoms with E-state index in [0.717, 1.165) is 24.5 Å². The standard InChI is InChI=1S/C16H27ClN2/c1-5-11-18-12-14(6-2)19(4)13(3)15-9-7-8-10-16(15)17/h7-10,13-14,18H,5-6,11-12H2,1-4H3. The van der Waals surface area contributed by atoms with Gasteiger partial charge in [-0.3, -0.25) is 4.90 Å². The van der Waals surface area contributed by atoms with Gasteiger partial charge in [0.05, 0.1) is 0 Å². The largest absolute Gasteiger partial charge is 0.315 e. The van der Waals surface area contributed by atoms with Crippen molar-refractivity contribution in [1.82, 2.24) is 10.2 Å². The summed E-state index contributed by atoms with van der Waals surface area (Å²) in [6, 6.07) is 9.01. The summed E-state index contributed by atoms with van der Waals surface area (Å²) in [5.41, 5.74) is 1.21. The Labute approximate surface area is 123 Å². The summed E-state index contributed by atoms with van der Waals surface area (Å²) >= 11 is 6.30. The fourth-order valence-electron chi connectivity index (χ4n) is 2.37. The quantitative estimate of drug-likeness (QED) is 0.722. The van der Waals surface area contributed by atoms with Crippen molar-refractivity contribution < 1.29 is 0 Å².